The number of benzene rings is 1. The van der Waals surface area contributed by atoms with Crippen molar-refractivity contribution in [3.63, 3.8) is 0 Å². The van der Waals surface area contributed by atoms with Crippen LogP contribution in [0.5, 0.6) is 5.75 Å². The van der Waals surface area contributed by atoms with Gasteiger partial charge in [-0.15, -0.1) is 0 Å². The van der Waals surface area contributed by atoms with E-state index in [4.69, 9.17) is 4.74 Å². The summed E-state index contributed by atoms with van der Waals surface area (Å²) < 4.78 is 5.66. The molecule has 1 N–H and O–H groups in total. The third-order valence-electron chi connectivity index (χ3n) is 2.99. The molecule has 0 radical (unpaired) electrons. The Labute approximate surface area is 95.8 Å². The molecule has 1 heterocycles. The summed E-state index contributed by atoms with van der Waals surface area (Å²) in [5, 5.41) is 2.89. The summed E-state index contributed by atoms with van der Waals surface area (Å²) >= 11 is 0. The van der Waals surface area contributed by atoms with Crippen molar-refractivity contribution in [1.82, 2.24) is 5.32 Å². The lowest BCUT2D eigenvalue weighted by atomic mass is 9.98. The first kappa shape index (κ1) is 11.0. The molecule has 1 aromatic carbocycles. The highest BCUT2D eigenvalue weighted by Crippen LogP contribution is 2.27. The van der Waals surface area contributed by atoms with E-state index < -0.39 is 0 Å². The van der Waals surface area contributed by atoms with Crippen molar-refractivity contribution in [3.05, 3.63) is 28.8 Å². The average molecular weight is 219 g/mol. The standard InChI is InChI=1S/C13H17NO2/c1-8-4-11-6-12(14-10(3)15)7-16-13(11)5-9(8)2/h4-5,12H,6-7H2,1-3H3,(H,14,15). The monoisotopic (exact) mass is 219 g/mol. The van der Waals surface area contributed by atoms with Gasteiger partial charge in [0.2, 0.25) is 5.91 Å². The van der Waals surface area contributed by atoms with E-state index >= 15 is 0 Å². The fourth-order valence-electron chi connectivity index (χ4n) is 2.04. The van der Waals surface area contributed by atoms with Crippen LogP contribution in [0.1, 0.15) is 23.6 Å². The third-order valence-corrected chi connectivity index (χ3v) is 2.99. The normalized spacial score (nSPS) is 18.6. The minimum atomic E-state index is 0.000818. The Balaban J connectivity index is 2.20. The molecule has 1 atom stereocenters. The van der Waals surface area contributed by atoms with Gasteiger partial charge in [0.05, 0.1) is 6.04 Å². The first-order valence-electron chi connectivity index (χ1n) is 5.56. The molecular formula is C13H17NO2. The van der Waals surface area contributed by atoms with Crippen LogP contribution in [0, 0.1) is 13.8 Å². The second kappa shape index (κ2) is 4.16. The van der Waals surface area contributed by atoms with Crippen LogP contribution in [0.2, 0.25) is 0 Å². The van der Waals surface area contributed by atoms with Crippen LogP contribution in [0.3, 0.4) is 0 Å². The number of aryl methyl sites for hydroxylation is 2. The number of rotatable bonds is 1. The van der Waals surface area contributed by atoms with Gasteiger partial charge in [0.15, 0.2) is 0 Å². The zero-order valence-corrected chi connectivity index (χ0v) is 9.96. The molecule has 1 amide bonds. The Kier molecular flexibility index (Phi) is 2.86. The smallest absolute Gasteiger partial charge is 0.217 e. The maximum Gasteiger partial charge on any atom is 0.217 e. The van der Waals surface area contributed by atoms with Gasteiger partial charge in [0, 0.05) is 6.92 Å². The molecule has 0 aromatic heterocycles. The van der Waals surface area contributed by atoms with Crippen molar-refractivity contribution in [1.29, 1.82) is 0 Å². The summed E-state index contributed by atoms with van der Waals surface area (Å²) in [5.74, 6) is 0.964. The van der Waals surface area contributed by atoms with E-state index in [9.17, 15) is 4.79 Å². The van der Waals surface area contributed by atoms with E-state index in [1.165, 1.54) is 23.6 Å². The van der Waals surface area contributed by atoms with E-state index in [1.807, 2.05) is 0 Å². The second-order valence-corrected chi connectivity index (χ2v) is 4.46. The van der Waals surface area contributed by atoms with Crippen LogP contribution in [0.15, 0.2) is 12.1 Å². The molecule has 0 bridgehead atoms. The topological polar surface area (TPSA) is 38.3 Å². The first-order chi connectivity index (χ1) is 7.56. The molecule has 0 aliphatic carbocycles. The molecule has 0 spiro atoms. The fourth-order valence-corrected chi connectivity index (χ4v) is 2.04. The maximum atomic E-state index is 11.0. The fraction of sp³-hybridized carbons (Fsp3) is 0.462. The van der Waals surface area contributed by atoms with E-state index in [0.717, 1.165) is 12.2 Å². The quantitative estimate of drug-likeness (QED) is 0.781. The van der Waals surface area contributed by atoms with Gasteiger partial charge in [0.1, 0.15) is 12.4 Å². The van der Waals surface area contributed by atoms with Crippen molar-refractivity contribution in [2.75, 3.05) is 6.61 Å². The maximum absolute atomic E-state index is 11.0. The molecule has 1 unspecified atom stereocenters. The molecule has 3 heteroatoms. The van der Waals surface area contributed by atoms with Gasteiger partial charge in [-0.2, -0.15) is 0 Å². The Hall–Kier alpha value is -1.51. The predicted octanol–water partition coefficient (Wildman–Crippen LogP) is 1.74. The molecule has 1 aliphatic heterocycles. The average Bonchev–Trinajstić information content (AvgIpc) is 2.19. The number of carbonyl (C=O) groups is 1. The van der Waals surface area contributed by atoms with E-state index in [1.54, 1.807) is 0 Å². The highest BCUT2D eigenvalue weighted by atomic mass is 16.5. The minimum Gasteiger partial charge on any atom is -0.491 e. The van der Waals surface area contributed by atoms with Crippen LogP contribution in [0.25, 0.3) is 0 Å². The Morgan fingerprint density at radius 2 is 2.06 bits per heavy atom. The van der Waals surface area contributed by atoms with Gasteiger partial charge >= 0.3 is 0 Å². The molecule has 2 rings (SSSR count). The van der Waals surface area contributed by atoms with E-state index in [-0.39, 0.29) is 11.9 Å². The first-order valence-corrected chi connectivity index (χ1v) is 5.56. The Bertz CT molecular complexity index is 426. The van der Waals surface area contributed by atoms with Gasteiger partial charge in [-0.25, -0.2) is 0 Å². The molecule has 0 saturated heterocycles. The summed E-state index contributed by atoms with van der Waals surface area (Å²) in [5.41, 5.74) is 3.70. The molecule has 16 heavy (non-hydrogen) atoms. The Morgan fingerprint density at radius 1 is 1.38 bits per heavy atom. The molecule has 0 fully saturated rings. The lowest BCUT2D eigenvalue weighted by Gasteiger charge is -2.26. The summed E-state index contributed by atoms with van der Waals surface area (Å²) in [6.07, 6.45) is 0.857. The number of nitrogens with one attached hydrogen (secondary N) is 1. The zero-order chi connectivity index (χ0) is 11.7. The van der Waals surface area contributed by atoms with Crippen molar-refractivity contribution >= 4 is 5.91 Å². The van der Waals surface area contributed by atoms with Crippen molar-refractivity contribution in [2.45, 2.75) is 33.2 Å². The summed E-state index contributed by atoms with van der Waals surface area (Å²) in [7, 11) is 0. The van der Waals surface area contributed by atoms with Crippen LogP contribution in [0.4, 0.5) is 0 Å². The second-order valence-electron chi connectivity index (χ2n) is 4.46. The number of hydrogen-bond acceptors (Lipinski definition) is 2. The SMILES string of the molecule is CC(=O)NC1COc2cc(C)c(C)cc2C1. The van der Waals surface area contributed by atoms with Gasteiger partial charge in [-0.3, -0.25) is 4.79 Å². The highest BCUT2D eigenvalue weighted by molar-refractivity contribution is 5.73. The minimum absolute atomic E-state index is 0.000818. The largest absolute Gasteiger partial charge is 0.491 e. The van der Waals surface area contributed by atoms with Crippen molar-refractivity contribution < 1.29 is 9.53 Å². The van der Waals surface area contributed by atoms with Crippen molar-refractivity contribution in [2.24, 2.45) is 0 Å². The molecule has 0 saturated carbocycles. The van der Waals surface area contributed by atoms with Crippen molar-refractivity contribution in [3.8, 4) is 5.75 Å². The lowest BCUT2D eigenvalue weighted by molar-refractivity contribution is -0.119. The van der Waals surface area contributed by atoms with E-state index in [0.29, 0.717) is 6.61 Å². The van der Waals surface area contributed by atoms with Crippen LogP contribution < -0.4 is 10.1 Å². The summed E-state index contributed by atoms with van der Waals surface area (Å²) in [6.45, 7) is 6.28. The number of ether oxygens (including phenoxy) is 1. The van der Waals surface area contributed by atoms with Gasteiger partial charge in [0.25, 0.3) is 0 Å². The molecule has 3 nitrogen and oxygen atoms in total. The zero-order valence-electron chi connectivity index (χ0n) is 9.96. The summed E-state index contributed by atoms with van der Waals surface area (Å²) in [6, 6.07) is 4.33. The summed E-state index contributed by atoms with van der Waals surface area (Å²) in [4.78, 5) is 11.0. The lowest BCUT2D eigenvalue weighted by Crippen LogP contribution is -2.41. The number of fused-ring (bicyclic) bond motifs is 1. The Morgan fingerprint density at radius 3 is 2.75 bits per heavy atom. The molecule has 1 aromatic rings. The van der Waals surface area contributed by atoms with Crippen LogP contribution >= 0.6 is 0 Å². The molecular weight excluding hydrogens is 202 g/mol. The molecule has 86 valence electrons. The number of hydrogen-bond donors (Lipinski definition) is 1. The molecule has 1 aliphatic rings. The van der Waals surface area contributed by atoms with Gasteiger partial charge in [-0.1, -0.05) is 6.07 Å². The van der Waals surface area contributed by atoms with Crippen LogP contribution in [-0.2, 0) is 11.2 Å². The highest BCUT2D eigenvalue weighted by Gasteiger charge is 2.20. The van der Waals surface area contributed by atoms with E-state index in [2.05, 4.69) is 31.3 Å². The number of carbonyl (C=O) groups excluding carboxylic acids is 1. The predicted molar refractivity (Wildman–Crippen MR) is 62.7 cm³/mol. The third kappa shape index (κ3) is 2.18. The number of amides is 1. The van der Waals surface area contributed by atoms with Gasteiger partial charge < -0.3 is 10.1 Å². The van der Waals surface area contributed by atoms with Crippen LogP contribution in [-0.4, -0.2) is 18.6 Å². The van der Waals surface area contributed by atoms with Gasteiger partial charge in [-0.05, 0) is 43.0 Å².